The Balaban J connectivity index is 2.25. The number of aliphatic hydroxyl groups is 1. The van der Waals surface area contributed by atoms with Gasteiger partial charge >= 0.3 is 0 Å². The van der Waals surface area contributed by atoms with Crippen LogP contribution in [0.5, 0.6) is 0 Å². The van der Waals surface area contributed by atoms with Gasteiger partial charge in [0.25, 0.3) is 0 Å². The van der Waals surface area contributed by atoms with Crippen LogP contribution in [-0.4, -0.2) is 31.5 Å². The van der Waals surface area contributed by atoms with E-state index in [-0.39, 0.29) is 5.95 Å². The van der Waals surface area contributed by atoms with Crippen molar-refractivity contribution in [3.63, 3.8) is 0 Å². The van der Waals surface area contributed by atoms with Gasteiger partial charge in [-0.15, -0.1) is 0 Å². The lowest BCUT2D eigenvalue weighted by Crippen LogP contribution is -2.23. The number of anilines is 1. The van der Waals surface area contributed by atoms with E-state index in [4.69, 9.17) is 5.73 Å². The summed E-state index contributed by atoms with van der Waals surface area (Å²) >= 11 is 0. The van der Waals surface area contributed by atoms with Gasteiger partial charge in [0, 0.05) is 17.6 Å². The highest BCUT2D eigenvalue weighted by Crippen LogP contribution is 2.28. The molecule has 0 aliphatic rings. The van der Waals surface area contributed by atoms with E-state index in [9.17, 15) is 9.50 Å². The standard InChI is InChI=1S/C15H16FN5O/c1-9-11-4-3-10(15(2,22)8-16)7-12(11)21(20-9)13-5-6-18-14(17)19-13/h3-7,22H,8H2,1-2H3,(H2,17,18,19). The summed E-state index contributed by atoms with van der Waals surface area (Å²) in [5, 5.41) is 15.5. The first-order valence-corrected chi connectivity index (χ1v) is 6.79. The summed E-state index contributed by atoms with van der Waals surface area (Å²) in [5.41, 5.74) is 6.08. The number of nitrogens with zero attached hydrogens (tertiary/aromatic N) is 4. The second-order valence-electron chi connectivity index (χ2n) is 5.41. The van der Waals surface area contributed by atoms with Gasteiger partial charge in [-0.25, -0.2) is 14.1 Å². The molecule has 22 heavy (non-hydrogen) atoms. The molecule has 0 fully saturated rings. The largest absolute Gasteiger partial charge is 0.383 e. The van der Waals surface area contributed by atoms with E-state index < -0.39 is 12.3 Å². The molecule has 6 nitrogen and oxygen atoms in total. The quantitative estimate of drug-likeness (QED) is 0.771. The van der Waals surface area contributed by atoms with Gasteiger partial charge in [0.2, 0.25) is 5.95 Å². The van der Waals surface area contributed by atoms with Crippen LogP contribution in [0.15, 0.2) is 30.5 Å². The minimum atomic E-state index is -1.54. The lowest BCUT2D eigenvalue weighted by molar-refractivity contribution is 0.0301. The number of nitrogens with two attached hydrogens (primary N) is 1. The highest BCUT2D eigenvalue weighted by atomic mass is 19.1. The van der Waals surface area contributed by atoms with E-state index >= 15 is 0 Å². The molecule has 0 amide bonds. The van der Waals surface area contributed by atoms with Crippen molar-refractivity contribution in [3.8, 4) is 5.82 Å². The normalized spacial score (nSPS) is 14.2. The summed E-state index contributed by atoms with van der Waals surface area (Å²) < 4.78 is 14.6. The van der Waals surface area contributed by atoms with Crippen LogP contribution in [0.3, 0.4) is 0 Å². The number of nitrogen functional groups attached to an aromatic ring is 1. The van der Waals surface area contributed by atoms with Crippen LogP contribution in [0.1, 0.15) is 18.2 Å². The van der Waals surface area contributed by atoms with E-state index in [0.29, 0.717) is 11.4 Å². The number of hydrogen-bond donors (Lipinski definition) is 2. The second kappa shape index (κ2) is 5.03. The van der Waals surface area contributed by atoms with Crippen molar-refractivity contribution in [1.29, 1.82) is 0 Å². The first-order valence-electron chi connectivity index (χ1n) is 6.79. The minimum absolute atomic E-state index is 0.144. The number of rotatable bonds is 3. The fourth-order valence-electron chi connectivity index (χ4n) is 2.34. The fourth-order valence-corrected chi connectivity index (χ4v) is 2.34. The Labute approximate surface area is 126 Å². The average molecular weight is 301 g/mol. The zero-order chi connectivity index (χ0) is 15.9. The molecule has 0 bridgehead atoms. The maximum atomic E-state index is 13.0. The molecule has 2 aromatic heterocycles. The molecule has 1 atom stereocenters. The number of aryl methyl sites for hydroxylation is 1. The number of hydrogen-bond acceptors (Lipinski definition) is 5. The summed E-state index contributed by atoms with van der Waals surface area (Å²) in [7, 11) is 0. The van der Waals surface area contributed by atoms with Gasteiger partial charge in [-0.1, -0.05) is 12.1 Å². The van der Waals surface area contributed by atoms with Gasteiger partial charge in [0.1, 0.15) is 12.3 Å². The van der Waals surface area contributed by atoms with Gasteiger partial charge in [0.05, 0.1) is 11.2 Å². The summed E-state index contributed by atoms with van der Waals surface area (Å²) in [6.07, 6.45) is 1.54. The molecular formula is C15H16FN5O. The molecule has 2 heterocycles. The van der Waals surface area contributed by atoms with Crippen molar-refractivity contribution < 1.29 is 9.50 Å². The SMILES string of the molecule is Cc1nn(-c2ccnc(N)n2)c2cc(C(C)(O)CF)ccc12. The maximum absolute atomic E-state index is 13.0. The van der Waals surface area contributed by atoms with Gasteiger partial charge in [-0.3, -0.25) is 0 Å². The fraction of sp³-hybridized carbons (Fsp3) is 0.267. The summed E-state index contributed by atoms with van der Waals surface area (Å²) in [6.45, 7) is 2.44. The Morgan fingerprint density at radius 1 is 1.36 bits per heavy atom. The van der Waals surface area contributed by atoms with E-state index in [0.717, 1.165) is 16.6 Å². The number of aromatic nitrogens is 4. The molecule has 0 aliphatic carbocycles. The molecule has 0 spiro atoms. The summed E-state index contributed by atoms with van der Waals surface area (Å²) in [4.78, 5) is 8.01. The number of halogens is 1. The van der Waals surface area contributed by atoms with E-state index in [1.54, 1.807) is 29.1 Å². The lowest BCUT2D eigenvalue weighted by Gasteiger charge is -2.19. The van der Waals surface area contributed by atoms with Gasteiger partial charge in [-0.2, -0.15) is 10.1 Å². The minimum Gasteiger partial charge on any atom is -0.383 e. The smallest absolute Gasteiger partial charge is 0.221 e. The molecule has 0 aliphatic heterocycles. The number of fused-ring (bicyclic) bond motifs is 1. The molecule has 0 radical (unpaired) electrons. The summed E-state index contributed by atoms with van der Waals surface area (Å²) in [6, 6.07) is 6.92. The first-order chi connectivity index (χ1) is 10.4. The Kier molecular flexibility index (Phi) is 3.29. The highest BCUT2D eigenvalue weighted by Gasteiger charge is 2.24. The number of benzene rings is 1. The molecule has 3 aromatic rings. The third-order valence-corrected chi connectivity index (χ3v) is 3.62. The van der Waals surface area contributed by atoms with Crippen LogP contribution in [0.25, 0.3) is 16.7 Å². The highest BCUT2D eigenvalue weighted by molar-refractivity contribution is 5.84. The van der Waals surface area contributed by atoms with Crippen molar-refractivity contribution in [2.75, 3.05) is 12.4 Å². The third-order valence-electron chi connectivity index (χ3n) is 3.62. The van der Waals surface area contributed by atoms with E-state index in [1.165, 1.54) is 6.92 Å². The van der Waals surface area contributed by atoms with Crippen LogP contribution >= 0.6 is 0 Å². The first kappa shape index (κ1) is 14.4. The molecule has 7 heteroatoms. The van der Waals surface area contributed by atoms with Crippen molar-refractivity contribution in [2.24, 2.45) is 0 Å². The zero-order valence-corrected chi connectivity index (χ0v) is 12.3. The average Bonchev–Trinajstić information content (AvgIpc) is 2.84. The topological polar surface area (TPSA) is 89.9 Å². The van der Waals surface area contributed by atoms with Crippen LogP contribution in [0.4, 0.5) is 10.3 Å². The molecule has 1 unspecified atom stereocenters. The molecule has 3 rings (SSSR count). The van der Waals surface area contributed by atoms with Gasteiger partial charge < -0.3 is 10.8 Å². The second-order valence-corrected chi connectivity index (χ2v) is 5.41. The van der Waals surface area contributed by atoms with E-state index in [1.807, 2.05) is 13.0 Å². The van der Waals surface area contributed by atoms with Crippen molar-refractivity contribution in [2.45, 2.75) is 19.4 Å². The molecule has 1 aromatic carbocycles. The Morgan fingerprint density at radius 3 is 2.82 bits per heavy atom. The Bertz CT molecular complexity index is 843. The maximum Gasteiger partial charge on any atom is 0.221 e. The van der Waals surface area contributed by atoms with Crippen LogP contribution < -0.4 is 5.73 Å². The number of alkyl halides is 1. The Morgan fingerprint density at radius 2 is 2.14 bits per heavy atom. The molecular weight excluding hydrogens is 285 g/mol. The summed E-state index contributed by atoms with van der Waals surface area (Å²) in [5.74, 6) is 0.661. The van der Waals surface area contributed by atoms with Crippen molar-refractivity contribution in [1.82, 2.24) is 19.7 Å². The van der Waals surface area contributed by atoms with Crippen LogP contribution in [0, 0.1) is 6.92 Å². The molecule has 0 saturated heterocycles. The monoisotopic (exact) mass is 301 g/mol. The third kappa shape index (κ3) is 2.29. The van der Waals surface area contributed by atoms with Gasteiger partial charge in [-0.05, 0) is 25.5 Å². The zero-order valence-electron chi connectivity index (χ0n) is 12.3. The van der Waals surface area contributed by atoms with Gasteiger partial charge in [0.15, 0.2) is 5.82 Å². The molecule has 3 N–H and O–H groups in total. The van der Waals surface area contributed by atoms with Crippen LogP contribution in [0.2, 0.25) is 0 Å². The Hall–Kier alpha value is -2.54. The lowest BCUT2D eigenvalue weighted by atomic mass is 9.96. The van der Waals surface area contributed by atoms with Crippen molar-refractivity contribution in [3.05, 3.63) is 41.7 Å². The molecule has 0 saturated carbocycles. The predicted molar refractivity (Wildman–Crippen MR) is 81.4 cm³/mol. The molecule has 114 valence electrons. The van der Waals surface area contributed by atoms with Crippen LogP contribution in [-0.2, 0) is 5.60 Å². The van der Waals surface area contributed by atoms with E-state index in [2.05, 4.69) is 15.1 Å². The van der Waals surface area contributed by atoms with Crippen molar-refractivity contribution >= 4 is 16.9 Å². The predicted octanol–water partition coefficient (Wildman–Crippen LogP) is 1.88.